The van der Waals surface area contributed by atoms with Crippen molar-refractivity contribution in [3.05, 3.63) is 36.6 Å². The Bertz CT molecular complexity index is 311. The van der Waals surface area contributed by atoms with Gasteiger partial charge in [-0.25, -0.2) is 4.79 Å². The first-order valence-electron chi connectivity index (χ1n) is 5.67. The lowest BCUT2D eigenvalue weighted by Gasteiger charge is -2.18. The molecule has 0 aliphatic carbocycles. The first-order chi connectivity index (χ1) is 7.87. The molecule has 3 nitrogen and oxygen atoms in total. The largest absolute Gasteiger partial charge is 0.500 e. The van der Waals surface area contributed by atoms with Crippen LogP contribution in [0.1, 0.15) is 27.7 Å². The summed E-state index contributed by atoms with van der Waals surface area (Å²) in [6, 6.07) is 0. The molecule has 96 valence electrons. The third-order valence-corrected chi connectivity index (χ3v) is 1.86. The van der Waals surface area contributed by atoms with Gasteiger partial charge in [-0.15, -0.1) is 0 Å². The Kier molecular flexibility index (Phi) is 7.03. The number of rotatable bonds is 7. The molecule has 0 saturated carbocycles. The predicted molar refractivity (Wildman–Crippen MR) is 69.5 cm³/mol. The fourth-order valence-electron chi connectivity index (χ4n) is 0.959. The van der Waals surface area contributed by atoms with Crippen molar-refractivity contribution in [2.45, 2.75) is 27.7 Å². The maximum atomic E-state index is 11.1. The van der Waals surface area contributed by atoms with Gasteiger partial charge in [0.05, 0.1) is 19.5 Å². The van der Waals surface area contributed by atoms with Crippen LogP contribution in [0.25, 0.3) is 0 Å². The summed E-state index contributed by atoms with van der Waals surface area (Å²) in [5.41, 5.74) is 0.719. The van der Waals surface area contributed by atoms with Crippen LogP contribution < -0.4 is 0 Å². The van der Waals surface area contributed by atoms with E-state index in [4.69, 9.17) is 9.47 Å². The Morgan fingerprint density at radius 3 is 2.53 bits per heavy atom. The summed E-state index contributed by atoms with van der Waals surface area (Å²) in [6.45, 7) is 12.3. The zero-order valence-electron chi connectivity index (χ0n) is 11.2. The van der Waals surface area contributed by atoms with Gasteiger partial charge in [-0.1, -0.05) is 32.1 Å². The third-order valence-electron chi connectivity index (χ3n) is 1.86. The van der Waals surface area contributed by atoms with Gasteiger partial charge in [-0.2, -0.15) is 0 Å². The quantitative estimate of drug-likeness (QED) is 0.295. The van der Waals surface area contributed by atoms with Crippen LogP contribution in [0.3, 0.4) is 0 Å². The highest BCUT2D eigenvalue weighted by Crippen LogP contribution is 2.17. The maximum absolute atomic E-state index is 11.1. The average Bonchev–Trinajstić information content (AvgIpc) is 2.22. The Balaban J connectivity index is 4.10. The Hall–Kier alpha value is -1.51. The van der Waals surface area contributed by atoms with E-state index in [1.54, 1.807) is 25.3 Å². The molecule has 0 saturated heterocycles. The molecule has 0 aliphatic heterocycles. The van der Waals surface area contributed by atoms with Crippen LogP contribution in [-0.4, -0.2) is 19.2 Å². The molecular formula is C14H22O3. The molecular weight excluding hydrogens is 216 g/mol. The van der Waals surface area contributed by atoms with Crippen LogP contribution in [0.5, 0.6) is 0 Å². The van der Waals surface area contributed by atoms with Crippen LogP contribution in [0.2, 0.25) is 0 Å². The van der Waals surface area contributed by atoms with Gasteiger partial charge in [0.2, 0.25) is 0 Å². The van der Waals surface area contributed by atoms with Gasteiger partial charge in [0.15, 0.2) is 0 Å². The van der Waals surface area contributed by atoms with E-state index in [1.165, 1.54) is 6.08 Å². The summed E-state index contributed by atoms with van der Waals surface area (Å²) in [7, 11) is 0. The van der Waals surface area contributed by atoms with E-state index in [-0.39, 0.29) is 11.4 Å². The minimum atomic E-state index is -0.321. The van der Waals surface area contributed by atoms with E-state index in [0.29, 0.717) is 13.2 Å². The molecule has 0 aromatic rings. The van der Waals surface area contributed by atoms with E-state index in [1.807, 2.05) is 20.8 Å². The fraction of sp³-hybridized carbons (Fsp3) is 0.500. The standard InChI is InChI=1S/C14H22O3/c1-6-17-13(15)7-9-14(4,5)11-16-10-8-12(2)3/h7-10H,2,6,11H2,1,3-5H3/b9-7+,10-8+. The van der Waals surface area contributed by atoms with Crippen LogP contribution in [0, 0.1) is 5.41 Å². The van der Waals surface area contributed by atoms with Crippen molar-refractivity contribution >= 4 is 5.97 Å². The summed E-state index contributed by atoms with van der Waals surface area (Å²) < 4.78 is 10.2. The van der Waals surface area contributed by atoms with Crippen molar-refractivity contribution in [2.75, 3.05) is 13.2 Å². The molecule has 17 heavy (non-hydrogen) atoms. The van der Waals surface area contributed by atoms with E-state index in [9.17, 15) is 4.79 Å². The van der Waals surface area contributed by atoms with Gasteiger partial charge in [-0.3, -0.25) is 0 Å². The molecule has 0 heterocycles. The SMILES string of the molecule is C=C(C)/C=C/OCC(C)(C)/C=C/C(=O)OCC. The number of hydrogen-bond donors (Lipinski definition) is 0. The van der Waals surface area contributed by atoms with E-state index in [0.717, 1.165) is 5.57 Å². The molecule has 3 heteroatoms. The summed E-state index contributed by atoms with van der Waals surface area (Å²) in [6.07, 6.45) is 6.64. The van der Waals surface area contributed by atoms with E-state index < -0.39 is 0 Å². The lowest BCUT2D eigenvalue weighted by molar-refractivity contribution is -0.137. The van der Waals surface area contributed by atoms with Crippen LogP contribution in [0.4, 0.5) is 0 Å². The monoisotopic (exact) mass is 238 g/mol. The summed E-state index contributed by atoms with van der Waals surface area (Å²) in [4.78, 5) is 11.1. The first kappa shape index (κ1) is 15.5. The summed E-state index contributed by atoms with van der Waals surface area (Å²) in [5, 5.41) is 0. The van der Waals surface area contributed by atoms with Crippen molar-refractivity contribution in [3.8, 4) is 0 Å². The highest BCUT2D eigenvalue weighted by Gasteiger charge is 2.14. The molecule has 0 bridgehead atoms. The number of ether oxygens (including phenoxy) is 2. The molecule has 0 radical (unpaired) electrons. The molecule has 0 aliphatic rings. The predicted octanol–water partition coefficient (Wildman–Crippen LogP) is 3.24. The smallest absolute Gasteiger partial charge is 0.330 e. The summed E-state index contributed by atoms with van der Waals surface area (Å²) in [5.74, 6) is -0.321. The second-order valence-corrected chi connectivity index (χ2v) is 4.53. The highest BCUT2D eigenvalue weighted by molar-refractivity contribution is 5.81. The van der Waals surface area contributed by atoms with Crippen molar-refractivity contribution < 1.29 is 14.3 Å². The number of hydrogen-bond acceptors (Lipinski definition) is 3. The van der Waals surface area contributed by atoms with Crippen LogP contribution in [0.15, 0.2) is 36.6 Å². The van der Waals surface area contributed by atoms with Crippen molar-refractivity contribution in [1.29, 1.82) is 0 Å². The van der Waals surface area contributed by atoms with Crippen molar-refractivity contribution in [3.63, 3.8) is 0 Å². The van der Waals surface area contributed by atoms with Gasteiger partial charge < -0.3 is 9.47 Å². The lowest BCUT2D eigenvalue weighted by atomic mass is 9.94. The molecule has 0 atom stereocenters. The second-order valence-electron chi connectivity index (χ2n) is 4.53. The molecule has 0 aromatic heterocycles. The molecule has 0 fully saturated rings. The fourth-order valence-corrected chi connectivity index (χ4v) is 0.959. The summed E-state index contributed by atoms with van der Waals surface area (Å²) >= 11 is 0. The highest BCUT2D eigenvalue weighted by atomic mass is 16.5. The minimum absolute atomic E-state index is 0.216. The van der Waals surface area contributed by atoms with Gasteiger partial charge in [0, 0.05) is 11.5 Å². The van der Waals surface area contributed by atoms with Crippen LogP contribution >= 0.6 is 0 Å². The third kappa shape index (κ3) is 9.42. The minimum Gasteiger partial charge on any atom is -0.500 e. The molecule has 0 unspecified atom stereocenters. The second kappa shape index (κ2) is 7.71. The Morgan fingerprint density at radius 2 is 2.00 bits per heavy atom. The molecule has 0 aromatic carbocycles. The zero-order valence-corrected chi connectivity index (χ0v) is 11.2. The zero-order chi connectivity index (χ0) is 13.3. The van der Waals surface area contributed by atoms with Gasteiger partial charge in [0.1, 0.15) is 0 Å². The first-order valence-corrected chi connectivity index (χ1v) is 5.67. The van der Waals surface area contributed by atoms with Gasteiger partial charge in [0.25, 0.3) is 0 Å². The average molecular weight is 238 g/mol. The normalized spacial score (nSPS) is 12.0. The van der Waals surface area contributed by atoms with E-state index >= 15 is 0 Å². The van der Waals surface area contributed by atoms with Crippen molar-refractivity contribution in [1.82, 2.24) is 0 Å². The van der Waals surface area contributed by atoms with Crippen molar-refractivity contribution in [2.24, 2.45) is 5.41 Å². The van der Waals surface area contributed by atoms with Crippen LogP contribution in [-0.2, 0) is 14.3 Å². The molecule has 0 spiro atoms. The lowest BCUT2D eigenvalue weighted by Crippen LogP contribution is -2.15. The molecule has 0 rings (SSSR count). The number of allylic oxidation sites excluding steroid dienone is 2. The topological polar surface area (TPSA) is 35.5 Å². The van der Waals surface area contributed by atoms with Gasteiger partial charge in [-0.05, 0) is 19.9 Å². The number of esters is 1. The van der Waals surface area contributed by atoms with E-state index in [2.05, 4.69) is 6.58 Å². The number of carbonyl (C=O) groups excluding carboxylic acids is 1. The van der Waals surface area contributed by atoms with Gasteiger partial charge >= 0.3 is 5.97 Å². The molecule has 0 N–H and O–H groups in total. The Labute approximate surface area is 104 Å². The maximum Gasteiger partial charge on any atom is 0.330 e. The Morgan fingerprint density at radius 1 is 1.35 bits per heavy atom. The molecule has 0 amide bonds. The number of carbonyl (C=O) groups is 1.